The molecule has 0 bridgehead atoms. The zero-order chi connectivity index (χ0) is 27.7. The lowest BCUT2D eigenvalue weighted by molar-refractivity contribution is -0.138. The number of carbonyl (C=O) groups is 1. The van der Waals surface area contributed by atoms with E-state index in [2.05, 4.69) is 4.90 Å². The Labute approximate surface area is 222 Å². The molecule has 2 heterocycles. The van der Waals surface area contributed by atoms with E-state index in [9.17, 15) is 27.5 Å². The summed E-state index contributed by atoms with van der Waals surface area (Å²) in [4.78, 5) is 22.5. The smallest absolute Gasteiger partial charge is 0.416 e. The van der Waals surface area contributed by atoms with E-state index in [1.807, 2.05) is 4.90 Å². The molecule has 0 aliphatic carbocycles. The van der Waals surface area contributed by atoms with Crippen LogP contribution in [0.15, 0.2) is 71.7 Å². The average molecular weight is 543 g/mol. The highest BCUT2D eigenvalue weighted by Crippen LogP contribution is 2.45. The van der Waals surface area contributed by atoms with Crippen LogP contribution < -0.4 is 14.5 Å². The van der Waals surface area contributed by atoms with Crippen LogP contribution in [-0.4, -0.2) is 55.2 Å². The van der Waals surface area contributed by atoms with E-state index in [1.165, 1.54) is 31.4 Å². The number of benzene rings is 3. The van der Waals surface area contributed by atoms with Gasteiger partial charge < -0.3 is 24.5 Å². The number of carboxylic acids is 1. The molecule has 0 aromatic heterocycles. The summed E-state index contributed by atoms with van der Waals surface area (Å²) in [5.74, 6) is -0.652. The summed E-state index contributed by atoms with van der Waals surface area (Å²) in [7, 11) is 1.48. The number of carboxylic acid groups (broad SMARTS) is 1. The lowest BCUT2D eigenvalue weighted by Crippen LogP contribution is -2.55. The van der Waals surface area contributed by atoms with Gasteiger partial charge in [-0.1, -0.05) is 18.2 Å². The fraction of sp³-hybridized carbons (Fsp3) is 0.286. The summed E-state index contributed by atoms with van der Waals surface area (Å²) >= 11 is 0. The first-order valence-corrected chi connectivity index (χ1v) is 12.3. The van der Waals surface area contributed by atoms with Gasteiger partial charge in [0.05, 0.1) is 25.1 Å². The molecule has 0 saturated carbocycles. The maximum Gasteiger partial charge on any atom is 0.416 e. The molecule has 1 atom stereocenters. The van der Waals surface area contributed by atoms with Gasteiger partial charge in [0.15, 0.2) is 0 Å². The van der Waals surface area contributed by atoms with Gasteiger partial charge in [-0.25, -0.2) is 9.38 Å². The number of halogens is 4. The predicted molar refractivity (Wildman–Crippen MR) is 139 cm³/mol. The molecule has 1 fully saturated rings. The molecular weight excluding hydrogens is 516 g/mol. The zero-order valence-electron chi connectivity index (χ0n) is 21.0. The second kappa shape index (κ2) is 10.5. The number of piperazine rings is 1. The number of aliphatic carboxylic acids is 1. The molecule has 0 radical (unpaired) electrons. The minimum absolute atomic E-state index is 0.184. The Morgan fingerprint density at radius 1 is 0.974 bits per heavy atom. The van der Waals surface area contributed by atoms with Crippen LogP contribution in [0.4, 0.5) is 34.6 Å². The number of hydrogen-bond acceptors (Lipinski definition) is 6. The first-order valence-electron chi connectivity index (χ1n) is 12.3. The first-order chi connectivity index (χ1) is 18.7. The molecule has 5 rings (SSSR count). The Balaban J connectivity index is 1.58. The average Bonchev–Trinajstić information content (AvgIpc) is 2.92. The van der Waals surface area contributed by atoms with Crippen molar-refractivity contribution < 1.29 is 32.2 Å². The van der Waals surface area contributed by atoms with Gasteiger partial charge in [0, 0.05) is 43.1 Å². The Morgan fingerprint density at radius 2 is 1.64 bits per heavy atom. The van der Waals surface area contributed by atoms with Gasteiger partial charge in [-0.3, -0.25) is 4.79 Å². The quantitative estimate of drug-likeness (QED) is 0.418. The van der Waals surface area contributed by atoms with Crippen LogP contribution in [0.1, 0.15) is 23.6 Å². The third kappa shape index (κ3) is 5.34. The normalized spacial score (nSPS) is 17.5. The van der Waals surface area contributed by atoms with E-state index in [-0.39, 0.29) is 17.9 Å². The van der Waals surface area contributed by atoms with Crippen molar-refractivity contribution in [2.75, 3.05) is 43.1 Å². The Morgan fingerprint density at radius 3 is 2.28 bits per heavy atom. The van der Waals surface area contributed by atoms with Gasteiger partial charge in [-0.15, -0.1) is 0 Å². The van der Waals surface area contributed by atoms with E-state index in [0.717, 1.165) is 17.8 Å². The highest BCUT2D eigenvalue weighted by Gasteiger charge is 2.39. The number of guanidine groups is 1. The van der Waals surface area contributed by atoms with E-state index in [1.54, 1.807) is 35.2 Å². The van der Waals surface area contributed by atoms with Gasteiger partial charge in [0.25, 0.3) is 0 Å². The van der Waals surface area contributed by atoms with Gasteiger partial charge >= 0.3 is 12.1 Å². The monoisotopic (exact) mass is 542 g/mol. The number of para-hydroxylation sites is 1. The molecular formula is C28H26F4N4O3. The van der Waals surface area contributed by atoms with Crippen molar-refractivity contribution in [2.45, 2.75) is 18.6 Å². The maximum absolute atomic E-state index is 13.7. The summed E-state index contributed by atoms with van der Waals surface area (Å²) in [5, 5.41) is 9.82. The number of aliphatic imine (C=N–C) groups is 1. The molecule has 1 N–H and O–H groups in total. The van der Waals surface area contributed by atoms with E-state index >= 15 is 0 Å². The molecule has 7 nitrogen and oxygen atoms in total. The van der Waals surface area contributed by atoms with Crippen LogP contribution in [-0.2, 0) is 11.0 Å². The maximum atomic E-state index is 13.7. The van der Waals surface area contributed by atoms with E-state index in [0.29, 0.717) is 49.1 Å². The summed E-state index contributed by atoms with van der Waals surface area (Å²) in [6.07, 6.45) is -4.95. The highest BCUT2D eigenvalue weighted by molar-refractivity contribution is 6.02. The molecule has 1 saturated heterocycles. The van der Waals surface area contributed by atoms with Crippen LogP contribution in [0.3, 0.4) is 0 Å². The number of methoxy groups -OCH3 is 1. The largest absolute Gasteiger partial charge is 0.494 e. The van der Waals surface area contributed by atoms with E-state index in [4.69, 9.17) is 9.73 Å². The van der Waals surface area contributed by atoms with Crippen molar-refractivity contribution in [1.82, 2.24) is 4.90 Å². The minimum atomic E-state index is -4.58. The van der Waals surface area contributed by atoms with E-state index < -0.39 is 23.8 Å². The molecule has 3 aromatic carbocycles. The molecule has 1 unspecified atom stereocenters. The number of anilines is 2. The molecule has 3 aromatic rings. The highest BCUT2D eigenvalue weighted by atomic mass is 19.4. The first kappa shape index (κ1) is 26.3. The summed E-state index contributed by atoms with van der Waals surface area (Å²) in [5.41, 5.74) is 1.19. The molecule has 11 heteroatoms. The molecule has 204 valence electrons. The standard InChI is InChI=1S/C28H26F4N4O3/c1-39-24-7-3-6-22-23(17-25(37)38)36(21-5-2-4-18(16-21)28(30,31)32)27(33-26(22)24)35-14-12-34(13-15-35)20-10-8-19(29)9-11-20/h2-11,16,23H,12-15,17H2,1H3,(H,37,38). The van der Waals surface area contributed by atoms with Crippen molar-refractivity contribution in [2.24, 2.45) is 4.99 Å². The molecule has 0 spiro atoms. The summed E-state index contributed by atoms with van der Waals surface area (Å²) in [6, 6.07) is 15.3. The van der Waals surface area contributed by atoms with Crippen LogP contribution >= 0.6 is 0 Å². The van der Waals surface area contributed by atoms with Crippen molar-refractivity contribution in [3.8, 4) is 5.75 Å². The number of nitrogens with zero attached hydrogens (tertiary/aromatic N) is 4. The Bertz CT molecular complexity index is 1390. The third-order valence-corrected chi connectivity index (χ3v) is 6.92. The Kier molecular flexibility index (Phi) is 7.07. The van der Waals surface area contributed by atoms with Gasteiger partial charge in [0.1, 0.15) is 17.3 Å². The summed E-state index contributed by atoms with van der Waals surface area (Å²) in [6.45, 7) is 2.00. The van der Waals surface area contributed by atoms with Crippen LogP contribution in [0, 0.1) is 5.82 Å². The number of rotatable bonds is 5. The van der Waals surface area contributed by atoms with Crippen molar-refractivity contribution in [3.63, 3.8) is 0 Å². The molecule has 2 aliphatic heterocycles. The fourth-order valence-electron chi connectivity index (χ4n) is 5.06. The van der Waals surface area contributed by atoms with Crippen molar-refractivity contribution in [1.29, 1.82) is 0 Å². The fourth-order valence-corrected chi connectivity index (χ4v) is 5.06. The van der Waals surface area contributed by atoms with Crippen LogP contribution in [0.2, 0.25) is 0 Å². The number of ether oxygens (including phenoxy) is 1. The zero-order valence-corrected chi connectivity index (χ0v) is 21.0. The second-order valence-electron chi connectivity index (χ2n) is 9.29. The van der Waals surface area contributed by atoms with Gasteiger partial charge in [-0.2, -0.15) is 13.2 Å². The van der Waals surface area contributed by atoms with Crippen molar-refractivity contribution in [3.05, 3.63) is 83.7 Å². The molecule has 39 heavy (non-hydrogen) atoms. The number of fused-ring (bicyclic) bond motifs is 1. The molecule has 0 amide bonds. The predicted octanol–water partition coefficient (Wildman–Crippen LogP) is 5.70. The summed E-state index contributed by atoms with van der Waals surface area (Å²) < 4.78 is 59.9. The molecule has 2 aliphatic rings. The van der Waals surface area contributed by atoms with Gasteiger partial charge in [-0.05, 0) is 48.5 Å². The number of alkyl halides is 3. The van der Waals surface area contributed by atoms with Crippen molar-refractivity contribution >= 4 is 29.0 Å². The Hall–Kier alpha value is -4.28. The van der Waals surface area contributed by atoms with Crippen LogP contribution in [0.5, 0.6) is 5.75 Å². The van der Waals surface area contributed by atoms with Gasteiger partial charge in [0.2, 0.25) is 5.96 Å². The second-order valence-corrected chi connectivity index (χ2v) is 9.29. The minimum Gasteiger partial charge on any atom is -0.494 e. The third-order valence-electron chi connectivity index (χ3n) is 6.92. The lowest BCUT2D eigenvalue weighted by Gasteiger charge is -2.45. The number of hydrogen-bond donors (Lipinski definition) is 1. The SMILES string of the molecule is COc1cccc2c1N=C(N1CCN(c3ccc(F)cc3)CC1)N(c1cccc(C(F)(F)F)c1)C2CC(=O)O. The lowest BCUT2D eigenvalue weighted by atomic mass is 9.96. The topological polar surface area (TPSA) is 68.6 Å². The van der Waals surface area contributed by atoms with Crippen LogP contribution in [0.25, 0.3) is 0 Å².